The summed E-state index contributed by atoms with van der Waals surface area (Å²) in [7, 11) is -8.69. The van der Waals surface area contributed by atoms with Crippen molar-refractivity contribution in [2.75, 3.05) is 5.32 Å². The number of pyridine rings is 1. The van der Waals surface area contributed by atoms with Crippen LogP contribution >= 0.6 is 12.2 Å². The van der Waals surface area contributed by atoms with E-state index in [-0.39, 0.29) is 20.6 Å². The van der Waals surface area contributed by atoms with Crippen molar-refractivity contribution in [1.29, 1.82) is 0 Å². The fourth-order valence-electron chi connectivity index (χ4n) is 2.54. The molecule has 3 rings (SSSR count). The molecular formula is C19H16N2O4S3. The third-order valence-electron chi connectivity index (χ3n) is 3.84. The van der Waals surface area contributed by atoms with Crippen LogP contribution in [0.2, 0.25) is 0 Å². The minimum absolute atomic E-state index is 0.135. The van der Waals surface area contributed by atoms with E-state index in [1.165, 1.54) is 54.7 Å². The number of anilines is 1. The van der Waals surface area contributed by atoms with Crippen LogP contribution in [0.1, 0.15) is 0 Å². The molecule has 0 saturated heterocycles. The molecule has 28 heavy (non-hydrogen) atoms. The lowest BCUT2D eigenvalue weighted by Crippen LogP contribution is -2.40. The summed E-state index contributed by atoms with van der Waals surface area (Å²) in [5.41, 5.74) is 0. The molecular weight excluding hydrogens is 416 g/mol. The lowest BCUT2D eigenvalue weighted by molar-refractivity contribution is 0.584. The summed E-state index contributed by atoms with van der Waals surface area (Å²) >= 11 is 5.24. The fraction of sp³-hybridized carbons (Fsp3) is 0.0526. The van der Waals surface area contributed by atoms with E-state index in [2.05, 4.69) is 10.3 Å². The average Bonchev–Trinajstić information content (AvgIpc) is 2.70. The van der Waals surface area contributed by atoms with Gasteiger partial charge in [-0.25, -0.2) is 21.8 Å². The Balaban J connectivity index is 2.13. The van der Waals surface area contributed by atoms with E-state index in [9.17, 15) is 16.8 Å². The SMILES string of the molecule is O=S(=O)(c1ccccc1)C(C(=S)Nc1ccccn1)S(=O)(=O)c1ccccc1. The van der Waals surface area contributed by atoms with E-state index in [4.69, 9.17) is 12.2 Å². The molecule has 0 spiro atoms. The molecule has 6 nitrogen and oxygen atoms in total. The van der Waals surface area contributed by atoms with Gasteiger partial charge in [-0.2, -0.15) is 0 Å². The normalized spacial score (nSPS) is 11.9. The van der Waals surface area contributed by atoms with Gasteiger partial charge in [0, 0.05) is 6.20 Å². The molecule has 144 valence electrons. The Morgan fingerprint density at radius 3 is 1.64 bits per heavy atom. The molecule has 0 aliphatic carbocycles. The van der Waals surface area contributed by atoms with Crippen LogP contribution in [0.15, 0.2) is 94.9 Å². The molecule has 3 aromatic rings. The first-order valence-corrected chi connectivity index (χ1v) is 11.6. The van der Waals surface area contributed by atoms with E-state index in [1.54, 1.807) is 30.3 Å². The first-order chi connectivity index (χ1) is 13.3. The van der Waals surface area contributed by atoms with Crippen molar-refractivity contribution >= 4 is 42.7 Å². The standard InChI is InChI=1S/C19H16N2O4S3/c22-27(23,15-9-3-1-4-10-15)19(18(26)21-17-13-7-8-14-20-17)28(24,25)16-11-5-2-6-12-16/h1-14,19H,(H,20,21,26). The highest BCUT2D eigenvalue weighted by Gasteiger charge is 2.43. The second-order valence-corrected chi connectivity index (χ2v) is 10.6. The summed E-state index contributed by atoms with van der Waals surface area (Å²) < 4.78 is 51.0. The van der Waals surface area contributed by atoms with Crippen LogP contribution in [0.4, 0.5) is 5.82 Å². The van der Waals surface area contributed by atoms with Crippen LogP contribution in [0, 0.1) is 0 Å². The maximum Gasteiger partial charge on any atom is 0.221 e. The highest BCUT2D eigenvalue weighted by molar-refractivity contribution is 8.11. The molecule has 0 aliphatic heterocycles. The van der Waals surface area contributed by atoms with Gasteiger partial charge in [-0.3, -0.25) is 0 Å². The molecule has 1 N–H and O–H groups in total. The molecule has 0 amide bonds. The third-order valence-corrected chi connectivity index (χ3v) is 9.45. The maximum absolute atomic E-state index is 13.3. The van der Waals surface area contributed by atoms with E-state index in [0.717, 1.165) is 0 Å². The first kappa shape index (κ1) is 20.1. The number of benzene rings is 2. The Bertz CT molecular complexity index is 1100. The summed E-state index contributed by atoms with van der Waals surface area (Å²) in [5, 5.41) is 2.66. The van der Waals surface area contributed by atoms with Crippen LogP contribution in [0.5, 0.6) is 0 Å². The predicted octanol–water partition coefficient (Wildman–Crippen LogP) is 3.09. The van der Waals surface area contributed by atoms with E-state index >= 15 is 0 Å². The second-order valence-electron chi connectivity index (χ2n) is 5.75. The molecule has 1 aromatic heterocycles. The van der Waals surface area contributed by atoms with Gasteiger partial charge >= 0.3 is 0 Å². The number of thiocarbonyl (C=S) groups is 1. The van der Waals surface area contributed by atoms with Gasteiger partial charge in [0.25, 0.3) is 0 Å². The Morgan fingerprint density at radius 2 is 1.21 bits per heavy atom. The van der Waals surface area contributed by atoms with Crippen LogP contribution in [-0.4, -0.2) is 31.4 Å². The highest BCUT2D eigenvalue weighted by atomic mass is 32.3. The number of hydrogen-bond acceptors (Lipinski definition) is 6. The van der Waals surface area contributed by atoms with Crippen molar-refractivity contribution in [2.24, 2.45) is 0 Å². The Morgan fingerprint density at radius 1 is 0.750 bits per heavy atom. The number of nitrogens with one attached hydrogen (secondary N) is 1. The fourth-order valence-corrected chi connectivity index (χ4v) is 7.65. The van der Waals surface area contributed by atoms with Crippen molar-refractivity contribution in [3.05, 3.63) is 85.1 Å². The number of aromatic nitrogens is 1. The van der Waals surface area contributed by atoms with Crippen LogP contribution in [0.3, 0.4) is 0 Å². The van der Waals surface area contributed by atoms with Crippen molar-refractivity contribution < 1.29 is 16.8 Å². The molecule has 0 atom stereocenters. The molecule has 0 saturated carbocycles. The number of hydrogen-bond donors (Lipinski definition) is 1. The number of nitrogens with zero attached hydrogens (tertiary/aromatic N) is 1. The zero-order chi connectivity index (χ0) is 20.2. The van der Waals surface area contributed by atoms with Gasteiger partial charge in [0.05, 0.1) is 9.79 Å². The van der Waals surface area contributed by atoms with Gasteiger partial charge in [-0.1, -0.05) is 54.7 Å². The summed E-state index contributed by atoms with van der Waals surface area (Å²) in [5.74, 6) is 0.254. The minimum Gasteiger partial charge on any atom is -0.333 e. The van der Waals surface area contributed by atoms with Gasteiger partial charge in [-0.15, -0.1) is 0 Å². The Hall–Kier alpha value is -2.62. The van der Waals surface area contributed by atoms with Gasteiger partial charge in [0.2, 0.25) is 24.3 Å². The van der Waals surface area contributed by atoms with Gasteiger partial charge in [-0.05, 0) is 36.4 Å². The summed E-state index contributed by atoms with van der Waals surface area (Å²) in [6, 6.07) is 19.6. The van der Waals surface area contributed by atoms with Crippen LogP contribution in [-0.2, 0) is 19.7 Å². The first-order valence-electron chi connectivity index (χ1n) is 8.13. The maximum atomic E-state index is 13.3. The predicted molar refractivity (Wildman–Crippen MR) is 112 cm³/mol. The smallest absolute Gasteiger partial charge is 0.221 e. The van der Waals surface area contributed by atoms with Crippen LogP contribution < -0.4 is 5.32 Å². The molecule has 0 unspecified atom stereocenters. The molecule has 0 fully saturated rings. The topological polar surface area (TPSA) is 93.2 Å². The molecule has 9 heteroatoms. The number of rotatable bonds is 6. The van der Waals surface area contributed by atoms with Crippen molar-refractivity contribution in [3.8, 4) is 0 Å². The van der Waals surface area contributed by atoms with Crippen molar-refractivity contribution in [3.63, 3.8) is 0 Å². The van der Waals surface area contributed by atoms with Crippen molar-refractivity contribution in [2.45, 2.75) is 14.4 Å². The third kappa shape index (κ3) is 4.11. The molecule has 0 bridgehead atoms. The quantitative estimate of drug-likeness (QED) is 0.598. The van der Waals surface area contributed by atoms with Gasteiger partial charge in [0.15, 0.2) is 0 Å². The molecule has 0 radical (unpaired) electrons. The zero-order valence-electron chi connectivity index (χ0n) is 14.5. The molecule has 0 aliphatic rings. The summed E-state index contributed by atoms with van der Waals surface area (Å²) in [4.78, 5) is 3.38. The van der Waals surface area contributed by atoms with Crippen molar-refractivity contribution in [1.82, 2.24) is 4.98 Å². The average molecular weight is 433 g/mol. The summed E-state index contributed by atoms with van der Waals surface area (Å²) in [6.45, 7) is 0. The Kier molecular flexibility index (Phi) is 5.87. The lowest BCUT2D eigenvalue weighted by atomic mass is 10.4. The molecule has 1 heterocycles. The molecule has 2 aromatic carbocycles. The van der Waals surface area contributed by atoms with E-state index in [1.807, 2.05) is 0 Å². The minimum atomic E-state index is -4.35. The largest absolute Gasteiger partial charge is 0.333 e. The van der Waals surface area contributed by atoms with E-state index < -0.39 is 24.3 Å². The van der Waals surface area contributed by atoms with Gasteiger partial charge < -0.3 is 5.32 Å². The Labute approximate surface area is 169 Å². The second kappa shape index (κ2) is 8.17. The highest BCUT2D eigenvalue weighted by Crippen LogP contribution is 2.27. The number of sulfone groups is 2. The summed E-state index contributed by atoms with van der Waals surface area (Å²) in [6.07, 6.45) is 1.48. The van der Waals surface area contributed by atoms with Gasteiger partial charge in [0.1, 0.15) is 10.8 Å². The van der Waals surface area contributed by atoms with E-state index in [0.29, 0.717) is 0 Å². The lowest BCUT2D eigenvalue weighted by Gasteiger charge is -2.20. The van der Waals surface area contributed by atoms with Crippen LogP contribution in [0.25, 0.3) is 0 Å². The monoisotopic (exact) mass is 432 g/mol. The zero-order valence-corrected chi connectivity index (χ0v) is 16.9.